The van der Waals surface area contributed by atoms with E-state index in [0.29, 0.717) is 12.8 Å². The van der Waals surface area contributed by atoms with Crippen LogP contribution in [-0.2, 0) is 38.1 Å². The van der Waals surface area contributed by atoms with Crippen LogP contribution in [0.3, 0.4) is 0 Å². The van der Waals surface area contributed by atoms with Crippen molar-refractivity contribution in [3.8, 4) is 6.07 Å². The highest BCUT2D eigenvalue weighted by Crippen LogP contribution is 2.62. The van der Waals surface area contributed by atoms with Crippen molar-refractivity contribution in [1.29, 1.82) is 5.26 Å². The van der Waals surface area contributed by atoms with Crippen molar-refractivity contribution >= 4 is 23.9 Å². The lowest BCUT2D eigenvalue weighted by molar-refractivity contribution is -0.163. The maximum atomic E-state index is 12.1. The first-order valence-corrected chi connectivity index (χ1v) is 9.08. The first kappa shape index (κ1) is 19.9. The Labute approximate surface area is 161 Å². The lowest BCUT2D eigenvalue weighted by Crippen LogP contribution is -2.39. The van der Waals surface area contributed by atoms with Gasteiger partial charge in [-0.2, -0.15) is 5.26 Å². The fourth-order valence-corrected chi connectivity index (χ4v) is 4.19. The molecule has 5 atom stereocenters. The summed E-state index contributed by atoms with van der Waals surface area (Å²) in [5.74, 6) is -2.62. The fourth-order valence-electron chi connectivity index (χ4n) is 4.19. The Morgan fingerprint density at radius 1 is 1.25 bits per heavy atom. The molecule has 1 aliphatic heterocycles. The van der Waals surface area contributed by atoms with Crippen LogP contribution in [0.2, 0.25) is 0 Å². The lowest BCUT2D eigenvalue weighted by Gasteiger charge is -2.27. The number of carbonyl (C=O) groups excluding carboxylic acids is 4. The number of nitrogens with zero attached hydrogens (tertiary/aromatic N) is 1. The second-order valence-corrected chi connectivity index (χ2v) is 7.35. The van der Waals surface area contributed by atoms with E-state index in [1.807, 2.05) is 0 Å². The fraction of sp³-hybridized carbons (Fsp3) is 0.632. The van der Waals surface area contributed by atoms with Gasteiger partial charge in [0.05, 0.1) is 18.9 Å². The predicted molar refractivity (Wildman–Crippen MR) is 90.0 cm³/mol. The van der Waals surface area contributed by atoms with Crippen LogP contribution in [0.1, 0.15) is 32.6 Å². The van der Waals surface area contributed by atoms with Crippen molar-refractivity contribution in [3.05, 3.63) is 12.2 Å². The van der Waals surface area contributed by atoms with E-state index in [1.54, 1.807) is 0 Å². The maximum Gasteiger partial charge on any atom is 0.333 e. The van der Waals surface area contributed by atoms with E-state index in [9.17, 15) is 24.4 Å². The molecule has 0 aromatic heterocycles. The van der Waals surface area contributed by atoms with Crippen molar-refractivity contribution in [2.75, 3.05) is 13.2 Å². The number of hydrogen-bond acceptors (Lipinski definition) is 9. The molecular formula is C19H21NO8. The molecule has 5 unspecified atom stereocenters. The standard InChI is InChI=1S/C19H21NO8/c1-10(2)17(23)26-6-5-25-13(21)3-4-14(22)27-15-11-7-12-16(15)28-18(24)19(12,8-11)9-20/h11-12,15-16H,1,3-8H2,2H3. The first-order valence-electron chi connectivity index (χ1n) is 9.08. The molecule has 1 saturated heterocycles. The van der Waals surface area contributed by atoms with Crippen molar-refractivity contribution < 1.29 is 38.1 Å². The third-order valence-corrected chi connectivity index (χ3v) is 5.49. The normalized spacial score (nSPS) is 31.6. The van der Waals surface area contributed by atoms with Gasteiger partial charge in [-0.25, -0.2) is 4.79 Å². The summed E-state index contributed by atoms with van der Waals surface area (Å²) >= 11 is 0. The van der Waals surface area contributed by atoms with Crippen molar-refractivity contribution in [2.45, 2.75) is 44.8 Å². The Balaban J connectivity index is 1.38. The molecule has 9 heteroatoms. The number of ether oxygens (including phenoxy) is 4. The number of rotatable bonds is 8. The van der Waals surface area contributed by atoms with Gasteiger partial charge in [0, 0.05) is 17.4 Å². The van der Waals surface area contributed by atoms with Crippen molar-refractivity contribution in [2.24, 2.45) is 17.3 Å². The molecule has 0 aromatic rings. The molecule has 0 spiro atoms. The van der Waals surface area contributed by atoms with Crippen LogP contribution in [0.4, 0.5) is 0 Å². The molecule has 0 N–H and O–H groups in total. The quantitative estimate of drug-likeness (QED) is 0.255. The molecule has 0 aromatic carbocycles. The van der Waals surface area contributed by atoms with Crippen LogP contribution in [-0.4, -0.2) is 49.3 Å². The summed E-state index contributed by atoms with van der Waals surface area (Å²) in [6.07, 6.45) is -0.546. The minimum absolute atomic E-state index is 0.0833. The van der Waals surface area contributed by atoms with Crippen LogP contribution in [0.5, 0.6) is 0 Å². The van der Waals surface area contributed by atoms with Gasteiger partial charge < -0.3 is 18.9 Å². The average molecular weight is 391 g/mol. The monoisotopic (exact) mass is 391 g/mol. The van der Waals surface area contributed by atoms with Gasteiger partial charge in [0.15, 0.2) is 5.41 Å². The Morgan fingerprint density at radius 2 is 1.93 bits per heavy atom. The van der Waals surface area contributed by atoms with Crippen LogP contribution in [0, 0.1) is 28.6 Å². The third kappa shape index (κ3) is 3.46. The van der Waals surface area contributed by atoms with Gasteiger partial charge in [-0.15, -0.1) is 0 Å². The first-order chi connectivity index (χ1) is 13.3. The second kappa shape index (κ2) is 7.62. The molecule has 9 nitrogen and oxygen atoms in total. The topological polar surface area (TPSA) is 129 Å². The Morgan fingerprint density at radius 3 is 2.61 bits per heavy atom. The van der Waals surface area contributed by atoms with E-state index in [-0.39, 0.29) is 43.5 Å². The van der Waals surface area contributed by atoms with Gasteiger partial charge in [0.25, 0.3) is 0 Å². The molecule has 1 heterocycles. The van der Waals surface area contributed by atoms with E-state index in [1.165, 1.54) is 6.92 Å². The summed E-state index contributed by atoms with van der Waals surface area (Å²) in [6, 6.07) is 2.09. The van der Waals surface area contributed by atoms with E-state index in [2.05, 4.69) is 12.6 Å². The lowest BCUT2D eigenvalue weighted by atomic mass is 9.75. The summed E-state index contributed by atoms with van der Waals surface area (Å²) in [5.41, 5.74) is -0.843. The predicted octanol–water partition coefficient (Wildman–Crippen LogP) is 0.816. The molecule has 0 amide bonds. The Bertz CT molecular complexity index is 768. The molecule has 3 fully saturated rings. The summed E-state index contributed by atoms with van der Waals surface area (Å²) in [7, 11) is 0. The van der Waals surface area contributed by atoms with Gasteiger partial charge >= 0.3 is 23.9 Å². The molecule has 3 aliphatic rings. The highest BCUT2D eigenvalue weighted by atomic mass is 16.6. The second-order valence-electron chi connectivity index (χ2n) is 7.35. The molecule has 28 heavy (non-hydrogen) atoms. The zero-order chi connectivity index (χ0) is 20.5. The number of carbonyl (C=O) groups is 4. The highest BCUT2D eigenvalue weighted by molar-refractivity contribution is 5.87. The van der Waals surface area contributed by atoms with Crippen LogP contribution >= 0.6 is 0 Å². The van der Waals surface area contributed by atoms with Gasteiger partial charge in [0.1, 0.15) is 25.4 Å². The zero-order valence-electron chi connectivity index (χ0n) is 15.5. The molecule has 0 radical (unpaired) electrons. The largest absolute Gasteiger partial charge is 0.462 e. The van der Waals surface area contributed by atoms with Crippen LogP contribution < -0.4 is 0 Å². The van der Waals surface area contributed by atoms with Crippen LogP contribution in [0.15, 0.2) is 12.2 Å². The maximum absolute atomic E-state index is 12.1. The van der Waals surface area contributed by atoms with Gasteiger partial charge in [-0.05, 0) is 19.8 Å². The van der Waals surface area contributed by atoms with E-state index in [4.69, 9.17) is 18.9 Å². The summed E-state index contributed by atoms with van der Waals surface area (Å²) in [4.78, 5) is 46.9. The minimum atomic E-state index is -1.09. The molecule has 2 saturated carbocycles. The average Bonchev–Trinajstić information content (AvgIpc) is 3.25. The number of nitriles is 1. The minimum Gasteiger partial charge on any atom is -0.462 e. The SMILES string of the molecule is C=C(C)C(=O)OCCOC(=O)CCC(=O)OC1C2CC3C1OC(=O)C3(C#N)C2. The molecule has 150 valence electrons. The van der Waals surface area contributed by atoms with E-state index < -0.39 is 41.5 Å². The number of fused-ring (bicyclic) bond motifs is 1. The highest BCUT2D eigenvalue weighted by Gasteiger charge is 2.72. The molecule has 3 rings (SSSR count). The smallest absolute Gasteiger partial charge is 0.333 e. The molecule has 2 bridgehead atoms. The van der Waals surface area contributed by atoms with Gasteiger partial charge in [-0.3, -0.25) is 14.4 Å². The Kier molecular flexibility index (Phi) is 5.40. The van der Waals surface area contributed by atoms with Crippen LogP contribution in [0.25, 0.3) is 0 Å². The van der Waals surface area contributed by atoms with Crippen molar-refractivity contribution in [3.63, 3.8) is 0 Å². The summed E-state index contributed by atoms with van der Waals surface area (Å²) < 4.78 is 20.4. The van der Waals surface area contributed by atoms with Crippen molar-refractivity contribution in [1.82, 2.24) is 0 Å². The number of hydrogen-bond donors (Lipinski definition) is 0. The van der Waals surface area contributed by atoms with Gasteiger partial charge in [-0.1, -0.05) is 6.58 Å². The summed E-state index contributed by atoms with van der Waals surface area (Å²) in [5, 5.41) is 9.35. The number of esters is 4. The molecular weight excluding hydrogens is 370 g/mol. The third-order valence-electron chi connectivity index (χ3n) is 5.49. The van der Waals surface area contributed by atoms with E-state index >= 15 is 0 Å². The van der Waals surface area contributed by atoms with Gasteiger partial charge in [0.2, 0.25) is 0 Å². The molecule has 2 aliphatic carbocycles. The summed E-state index contributed by atoms with van der Waals surface area (Å²) in [6.45, 7) is 4.71. The zero-order valence-corrected chi connectivity index (χ0v) is 15.5. The van der Waals surface area contributed by atoms with E-state index in [0.717, 1.165) is 0 Å². The Hall–Kier alpha value is -2.89.